The molecule has 0 amide bonds. The number of ether oxygens (including phenoxy) is 1. The average Bonchev–Trinajstić information content (AvgIpc) is 2.26. The first kappa shape index (κ1) is 13.7. The Bertz CT molecular complexity index is 217. The Labute approximate surface area is 91.0 Å². The van der Waals surface area contributed by atoms with Crippen LogP contribution in [-0.4, -0.2) is 19.2 Å². The van der Waals surface area contributed by atoms with Crippen LogP contribution in [0, 0.1) is 11.5 Å². The minimum Gasteiger partial charge on any atom is -0.428 e. The van der Waals surface area contributed by atoms with Crippen molar-refractivity contribution in [1.82, 2.24) is 0 Å². The third kappa shape index (κ3) is 12.7. The first-order chi connectivity index (χ1) is 7.41. The lowest BCUT2D eigenvalue weighted by Gasteiger charge is -1.99. The number of hydrogen-bond acceptors (Lipinski definition) is 4. The van der Waals surface area contributed by atoms with Gasteiger partial charge in [0.05, 0.1) is 6.54 Å². The molecule has 0 aliphatic carbocycles. The fourth-order valence-electron chi connectivity index (χ4n) is 1.34. The molecule has 4 heteroatoms. The third-order valence-corrected chi connectivity index (χ3v) is 2.15. The van der Waals surface area contributed by atoms with Gasteiger partial charge in [-0.2, -0.15) is 5.26 Å². The summed E-state index contributed by atoms with van der Waals surface area (Å²) in [6.45, 7) is 1.16. The Balaban J connectivity index is 2.93. The zero-order valence-electron chi connectivity index (χ0n) is 9.07. The van der Waals surface area contributed by atoms with Crippen molar-refractivity contribution in [2.75, 3.05) is 13.2 Å². The third-order valence-electron chi connectivity index (χ3n) is 2.15. The van der Waals surface area contributed by atoms with Crippen LogP contribution in [0.1, 0.15) is 44.9 Å². The molecule has 0 saturated carbocycles. The molecular formula is C11H18N2O2. The maximum Gasteiger partial charge on any atom is 0.286 e. The molecular weight excluding hydrogens is 192 g/mol. The van der Waals surface area contributed by atoms with Gasteiger partial charge >= 0.3 is 0 Å². The second-order valence-corrected chi connectivity index (χ2v) is 3.39. The van der Waals surface area contributed by atoms with E-state index in [1.165, 1.54) is 25.3 Å². The summed E-state index contributed by atoms with van der Waals surface area (Å²) in [5.41, 5.74) is 0. The zero-order chi connectivity index (χ0) is 11.2. The van der Waals surface area contributed by atoms with Crippen molar-refractivity contribution in [3.05, 3.63) is 0 Å². The van der Waals surface area contributed by atoms with E-state index < -0.39 is 0 Å². The van der Waals surface area contributed by atoms with Gasteiger partial charge in [0, 0.05) is 0 Å². The van der Waals surface area contributed by atoms with E-state index in [0.717, 1.165) is 25.7 Å². The summed E-state index contributed by atoms with van der Waals surface area (Å²) in [4.78, 5) is 13.2. The monoisotopic (exact) mass is 210 g/mol. The summed E-state index contributed by atoms with van der Waals surface area (Å²) in [6.07, 6.45) is 11.0. The summed E-state index contributed by atoms with van der Waals surface area (Å²) >= 11 is 0. The molecule has 0 N–H and O–H groups in total. The van der Waals surface area contributed by atoms with Crippen LogP contribution in [-0.2, 0) is 9.53 Å². The Morgan fingerprint density at radius 2 is 1.60 bits per heavy atom. The van der Waals surface area contributed by atoms with E-state index in [9.17, 15) is 4.79 Å². The van der Waals surface area contributed by atoms with Crippen molar-refractivity contribution >= 4 is 6.08 Å². The topological polar surface area (TPSA) is 62.4 Å². The highest BCUT2D eigenvalue weighted by molar-refractivity contribution is 5.32. The van der Waals surface area contributed by atoms with Crippen LogP contribution >= 0.6 is 0 Å². The minimum absolute atomic E-state index is 0.546. The Morgan fingerprint density at radius 3 is 2.20 bits per heavy atom. The van der Waals surface area contributed by atoms with Gasteiger partial charge < -0.3 is 4.74 Å². The molecule has 0 aromatic rings. The predicted octanol–water partition coefficient (Wildman–Crippen LogP) is 2.55. The van der Waals surface area contributed by atoms with E-state index in [2.05, 4.69) is 9.73 Å². The lowest BCUT2D eigenvalue weighted by molar-refractivity contribution is 0.260. The highest BCUT2D eigenvalue weighted by Gasteiger charge is 1.91. The molecule has 0 unspecified atom stereocenters. The first-order valence-electron chi connectivity index (χ1n) is 5.46. The van der Waals surface area contributed by atoms with Gasteiger partial charge in [0.2, 0.25) is 6.08 Å². The first-order valence-corrected chi connectivity index (χ1v) is 5.46. The lowest BCUT2D eigenvalue weighted by Crippen LogP contribution is -1.88. The van der Waals surface area contributed by atoms with Crippen molar-refractivity contribution in [2.24, 2.45) is 4.99 Å². The van der Waals surface area contributed by atoms with Gasteiger partial charge in [0.25, 0.3) is 6.26 Å². The molecule has 0 spiro atoms. The van der Waals surface area contributed by atoms with Crippen LogP contribution in [0.4, 0.5) is 0 Å². The molecule has 0 atom stereocenters. The second kappa shape index (κ2) is 12.7. The predicted molar refractivity (Wildman–Crippen MR) is 56.9 cm³/mol. The largest absolute Gasteiger partial charge is 0.428 e. The summed E-state index contributed by atoms with van der Waals surface area (Å²) < 4.78 is 4.56. The smallest absolute Gasteiger partial charge is 0.286 e. The van der Waals surface area contributed by atoms with Crippen LogP contribution < -0.4 is 0 Å². The Morgan fingerprint density at radius 1 is 1.00 bits per heavy atom. The van der Waals surface area contributed by atoms with Crippen molar-refractivity contribution in [3.63, 3.8) is 0 Å². The maximum absolute atomic E-state index is 9.74. The number of isocyanates is 1. The lowest BCUT2D eigenvalue weighted by atomic mass is 10.1. The van der Waals surface area contributed by atoms with Crippen LogP contribution in [0.2, 0.25) is 0 Å². The number of aliphatic imine (C=N–C) groups is 1. The highest BCUT2D eigenvalue weighted by atomic mass is 16.5. The summed E-state index contributed by atoms with van der Waals surface area (Å²) in [5, 5.41) is 8.10. The van der Waals surface area contributed by atoms with Gasteiger partial charge in [-0.25, -0.2) is 9.79 Å². The number of nitrogens with zero attached hydrogens (tertiary/aromatic N) is 2. The molecule has 0 aromatic carbocycles. The summed E-state index contributed by atoms with van der Waals surface area (Å²) in [5.74, 6) is 0. The number of nitriles is 1. The molecule has 15 heavy (non-hydrogen) atoms. The van der Waals surface area contributed by atoms with Crippen LogP contribution in [0.15, 0.2) is 4.99 Å². The van der Waals surface area contributed by atoms with E-state index in [0.29, 0.717) is 13.2 Å². The second-order valence-electron chi connectivity index (χ2n) is 3.39. The molecule has 0 heterocycles. The molecule has 4 nitrogen and oxygen atoms in total. The number of carbonyl (C=O) groups excluding carboxylic acids is 1. The van der Waals surface area contributed by atoms with Gasteiger partial charge in [0.15, 0.2) is 0 Å². The number of hydrogen-bond donors (Lipinski definition) is 0. The standard InChI is InChI=1S/C11H18N2O2/c12-10-15-9-7-5-3-1-2-4-6-8-13-11-14/h1-9H2. The molecule has 0 aromatic heterocycles. The van der Waals surface area contributed by atoms with Crippen molar-refractivity contribution in [3.8, 4) is 6.26 Å². The molecule has 84 valence electrons. The molecule has 0 radical (unpaired) electrons. The van der Waals surface area contributed by atoms with Gasteiger partial charge in [-0.1, -0.05) is 32.1 Å². The fourth-order valence-corrected chi connectivity index (χ4v) is 1.34. The average molecular weight is 210 g/mol. The van der Waals surface area contributed by atoms with Gasteiger partial charge in [-0.15, -0.1) is 0 Å². The zero-order valence-corrected chi connectivity index (χ0v) is 9.07. The van der Waals surface area contributed by atoms with Crippen molar-refractivity contribution < 1.29 is 9.53 Å². The van der Waals surface area contributed by atoms with Gasteiger partial charge in [-0.3, -0.25) is 0 Å². The minimum atomic E-state index is 0.546. The highest BCUT2D eigenvalue weighted by Crippen LogP contribution is 2.07. The molecule has 0 rings (SSSR count). The summed E-state index contributed by atoms with van der Waals surface area (Å²) in [6, 6.07) is 0. The van der Waals surface area contributed by atoms with E-state index in [-0.39, 0.29) is 0 Å². The van der Waals surface area contributed by atoms with Crippen LogP contribution in [0.5, 0.6) is 0 Å². The van der Waals surface area contributed by atoms with Gasteiger partial charge in [-0.05, 0) is 12.8 Å². The summed E-state index contributed by atoms with van der Waals surface area (Å²) in [7, 11) is 0. The van der Waals surface area contributed by atoms with E-state index in [4.69, 9.17) is 5.26 Å². The molecule has 0 fully saturated rings. The Hall–Kier alpha value is -1.33. The molecule has 0 aliphatic rings. The Kier molecular flexibility index (Phi) is 11.5. The van der Waals surface area contributed by atoms with Gasteiger partial charge in [0.1, 0.15) is 6.61 Å². The van der Waals surface area contributed by atoms with E-state index in [1.54, 1.807) is 6.26 Å². The van der Waals surface area contributed by atoms with Crippen molar-refractivity contribution in [1.29, 1.82) is 5.26 Å². The SMILES string of the molecule is N#COCCCCCCCCCN=C=O. The molecule has 0 saturated heterocycles. The van der Waals surface area contributed by atoms with E-state index in [1.807, 2.05) is 0 Å². The fraction of sp³-hybridized carbons (Fsp3) is 0.818. The maximum atomic E-state index is 9.74. The van der Waals surface area contributed by atoms with Crippen LogP contribution in [0.25, 0.3) is 0 Å². The van der Waals surface area contributed by atoms with E-state index >= 15 is 0 Å². The number of rotatable bonds is 10. The quantitative estimate of drug-likeness (QED) is 0.241. The normalized spacial score (nSPS) is 9.00. The van der Waals surface area contributed by atoms with Crippen molar-refractivity contribution in [2.45, 2.75) is 44.9 Å². The number of unbranched alkanes of at least 4 members (excludes halogenated alkanes) is 6. The molecule has 0 bridgehead atoms. The molecule has 0 aliphatic heterocycles. The van der Waals surface area contributed by atoms with Crippen LogP contribution in [0.3, 0.4) is 0 Å².